The number of aryl methyl sites for hydroxylation is 1. The van der Waals surface area contributed by atoms with Crippen LogP contribution >= 0.6 is 15.9 Å². The maximum absolute atomic E-state index is 13.0. The molecule has 1 N–H and O–H groups in total. The molecule has 3 aromatic rings. The summed E-state index contributed by atoms with van der Waals surface area (Å²) in [5, 5.41) is 4.71. The normalized spacial score (nSPS) is 20.4. The number of fused-ring (bicyclic) bond motifs is 2. The number of rotatable bonds is 5. The van der Waals surface area contributed by atoms with Crippen LogP contribution in [-0.4, -0.2) is 43.2 Å². The second-order valence-corrected chi connectivity index (χ2v) is 9.06. The van der Waals surface area contributed by atoms with Crippen LogP contribution in [0.15, 0.2) is 44.0 Å². The number of benzene rings is 2. The smallest absolute Gasteiger partial charge is 0.200 e. The van der Waals surface area contributed by atoms with Gasteiger partial charge in [0.2, 0.25) is 5.43 Å². The predicted octanol–water partition coefficient (Wildman–Crippen LogP) is 4.47. The fraction of sp³-hybridized carbons (Fsp3) is 0.435. The number of hydrogen-bond donors (Lipinski definition) is 1. The van der Waals surface area contributed by atoms with Crippen molar-refractivity contribution in [2.75, 3.05) is 26.2 Å². The van der Waals surface area contributed by atoms with Gasteiger partial charge >= 0.3 is 0 Å². The van der Waals surface area contributed by atoms with E-state index in [1.807, 2.05) is 31.2 Å². The first kappa shape index (κ1) is 20.4. The Morgan fingerprint density at radius 1 is 1.17 bits per heavy atom. The van der Waals surface area contributed by atoms with Gasteiger partial charge in [-0.15, -0.1) is 0 Å². The van der Waals surface area contributed by atoms with Crippen molar-refractivity contribution in [3.05, 3.63) is 50.6 Å². The lowest BCUT2D eigenvalue weighted by molar-refractivity contribution is 0.161. The lowest BCUT2D eigenvalue weighted by Gasteiger charge is -2.36. The average molecular weight is 459 g/mol. The van der Waals surface area contributed by atoms with Crippen molar-refractivity contribution in [3.8, 4) is 5.75 Å². The molecule has 0 bridgehead atoms. The van der Waals surface area contributed by atoms with Gasteiger partial charge in [0.1, 0.15) is 5.58 Å². The standard InChI is InChI=1S/C23H27BrN2O3/c1-14-9-19-22(27)18-6-5-17(24)11-20(18)29-23(19)21(10-14)28-8-4-7-26-12-15(2)25-16(3)13-26/h5-6,9-11,15-16,25H,4,7-8,12-13H2,1-3H3/t15-,16+. The molecule has 1 aromatic heterocycles. The Hall–Kier alpha value is -1.89. The maximum Gasteiger partial charge on any atom is 0.200 e. The number of nitrogens with zero attached hydrogens (tertiary/aromatic N) is 1. The SMILES string of the molecule is Cc1cc(OCCCN2C[C@@H](C)N[C@@H](C)C2)c2oc3cc(Br)ccc3c(=O)c2c1. The van der Waals surface area contributed by atoms with Crippen LogP contribution in [-0.2, 0) is 0 Å². The summed E-state index contributed by atoms with van der Waals surface area (Å²) in [6.07, 6.45) is 0.929. The van der Waals surface area contributed by atoms with E-state index in [1.165, 1.54) is 0 Å². The molecule has 1 aliphatic heterocycles. The first-order valence-electron chi connectivity index (χ1n) is 10.2. The van der Waals surface area contributed by atoms with Crippen LogP contribution in [0.1, 0.15) is 25.8 Å². The zero-order valence-electron chi connectivity index (χ0n) is 17.1. The number of nitrogens with one attached hydrogen (secondary N) is 1. The molecule has 1 saturated heterocycles. The van der Waals surface area contributed by atoms with E-state index < -0.39 is 0 Å². The molecule has 0 amide bonds. The van der Waals surface area contributed by atoms with Gasteiger partial charge in [-0.05, 0) is 63.1 Å². The van der Waals surface area contributed by atoms with Gasteiger partial charge in [0.05, 0.1) is 17.4 Å². The van der Waals surface area contributed by atoms with E-state index >= 15 is 0 Å². The predicted molar refractivity (Wildman–Crippen MR) is 121 cm³/mol. The highest BCUT2D eigenvalue weighted by Crippen LogP contribution is 2.30. The van der Waals surface area contributed by atoms with E-state index in [-0.39, 0.29) is 5.43 Å². The van der Waals surface area contributed by atoms with Crippen LogP contribution in [0.5, 0.6) is 5.75 Å². The Morgan fingerprint density at radius 2 is 1.93 bits per heavy atom. The molecule has 2 atom stereocenters. The molecule has 0 saturated carbocycles. The summed E-state index contributed by atoms with van der Waals surface area (Å²) in [4.78, 5) is 15.4. The second kappa shape index (κ2) is 8.46. The Labute approximate surface area is 179 Å². The number of piperazine rings is 1. The molecule has 0 radical (unpaired) electrons. The molecule has 2 aromatic carbocycles. The molecule has 4 rings (SSSR count). The lowest BCUT2D eigenvalue weighted by atomic mass is 10.1. The number of ether oxygens (including phenoxy) is 1. The van der Waals surface area contributed by atoms with Gasteiger partial charge in [-0.1, -0.05) is 15.9 Å². The second-order valence-electron chi connectivity index (χ2n) is 8.14. The van der Waals surface area contributed by atoms with Crippen LogP contribution < -0.4 is 15.5 Å². The zero-order chi connectivity index (χ0) is 20.5. The van der Waals surface area contributed by atoms with Crippen LogP contribution in [0.4, 0.5) is 0 Å². The quantitative estimate of drug-likeness (QED) is 0.451. The van der Waals surface area contributed by atoms with Crippen molar-refractivity contribution < 1.29 is 9.15 Å². The summed E-state index contributed by atoms with van der Waals surface area (Å²) in [6.45, 7) is 10.1. The van der Waals surface area contributed by atoms with E-state index in [9.17, 15) is 4.79 Å². The van der Waals surface area contributed by atoms with Crippen molar-refractivity contribution >= 4 is 37.9 Å². The van der Waals surface area contributed by atoms with Gasteiger partial charge in [-0.3, -0.25) is 4.79 Å². The van der Waals surface area contributed by atoms with E-state index in [4.69, 9.17) is 9.15 Å². The van der Waals surface area contributed by atoms with Crippen molar-refractivity contribution in [1.82, 2.24) is 10.2 Å². The summed E-state index contributed by atoms with van der Waals surface area (Å²) in [7, 11) is 0. The first-order valence-corrected chi connectivity index (χ1v) is 11.0. The van der Waals surface area contributed by atoms with Crippen LogP contribution in [0, 0.1) is 6.92 Å². The van der Waals surface area contributed by atoms with Gasteiger partial charge in [-0.25, -0.2) is 0 Å². The Balaban J connectivity index is 1.54. The summed E-state index contributed by atoms with van der Waals surface area (Å²) < 4.78 is 13.1. The van der Waals surface area contributed by atoms with Crippen LogP contribution in [0.25, 0.3) is 21.9 Å². The minimum absolute atomic E-state index is 0.0221. The fourth-order valence-corrected chi connectivity index (χ4v) is 4.58. The third-order valence-electron chi connectivity index (χ3n) is 5.35. The molecular weight excluding hydrogens is 432 g/mol. The van der Waals surface area contributed by atoms with Crippen molar-refractivity contribution in [1.29, 1.82) is 0 Å². The monoisotopic (exact) mass is 458 g/mol. The van der Waals surface area contributed by atoms with Gasteiger partial charge < -0.3 is 19.4 Å². The van der Waals surface area contributed by atoms with Gasteiger partial charge in [-0.2, -0.15) is 0 Å². The molecule has 154 valence electrons. The third-order valence-corrected chi connectivity index (χ3v) is 5.85. The summed E-state index contributed by atoms with van der Waals surface area (Å²) in [5.41, 5.74) is 2.05. The Kier molecular flexibility index (Phi) is 5.95. The van der Waals surface area contributed by atoms with Crippen molar-refractivity contribution in [2.24, 2.45) is 0 Å². The average Bonchev–Trinajstić information content (AvgIpc) is 2.65. The molecule has 29 heavy (non-hydrogen) atoms. The molecule has 1 aliphatic rings. The summed E-state index contributed by atoms with van der Waals surface area (Å²) >= 11 is 3.45. The third kappa shape index (κ3) is 4.49. The van der Waals surface area contributed by atoms with E-state index in [2.05, 4.69) is 40.0 Å². The molecule has 0 aliphatic carbocycles. The fourth-order valence-electron chi connectivity index (χ4n) is 4.24. The Morgan fingerprint density at radius 3 is 2.69 bits per heavy atom. The minimum atomic E-state index is -0.0221. The molecule has 0 unspecified atom stereocenters. The number of hydrogen-bond acceptors (Lipinski definition) is 5. The highest BCUT2D eigenvalue weighted by molar-refractivity contribution is 9.10. The highest BCUT2D eigenvalue weighted by Gasteiger charge is 2.20. The molecule has 1 fully saturated rings. The summed E-state index contributed by atoms with van der Waals surface area (Å²) in [5.74, 6) is 0.640. The maximum atomic E-state index is 13.0. The van der Waals surface area contributed by atoms with E-state index in [0.717, 1.165) is 36.1 Å². The van der Waals surface area contributed by atoms with Gasteiger partial charge in [0, 0.05) is 36.2 Å². The minimum Gasteiger partial charge on any atom is -0.490 e. The van der Waals surface area contributed by atoms with Gasteiger partial charge in [0.15, 0.2) is 11.3 Å². The zero-order valence-corrected chi connectivity index (χ0v) is 18.7. The topological polar surface area (TPSA) is 54.7 Å². The van der Waals surface area contributed by atoms with Crippen LogP contribution in [0.3, 0.4) is 0 Å². The van der Waals surface area contributed by atoms with Crippen molar-refractivity contribution in [2.45, 2.75) is 39.3 Å². The number of halogens is 1. The molecule has 6 heteroatoms. The van der Waals surface area contributed by atoms with E-state index in [0.29, 0.717) is 46.4 Å². The Bertz CT molecular complexity index is 1080. The molecular formula is C23H27BrN2O3. The molecule has 2 heterocycles. The lowest BCUT2D eigenvalue weighted by Crippen LogP contribution is -2.54. The highest BCUT2D eigenvalue weighted by atomic mass is 79.9. The van der Waals surface area contributed by atoms with Gasteiger partial charge in [0.25, 0.3) is 0 Å². The molecule has 5 nitrogen and oxygen atoms in total. The van der Waals surface area contributed by atoms with Crippen molar-refractivity contribution in [3.63, 3.8) is 0 Å². The first-order chi connectivity index (χ1) is 13.9. The summed E-state index contributed by atoms with van der Waals surface area (Å²) in [6, 6.07) is 10.3. The van der Waals surface area contributed by atoms with Crippen LogP contribution in [0.2, 0.25) is 0 Å². The largest absolute Gasteiger partial charge is 0.490 e. The van der Waals surface area contributed by atoms with E-state index in [1.54, 1.807) is 6.07 Å². The molecule has 0 spiro atoms.